The van der Waals surface area contributed by atoms with Crippen LogP contribution in [0, 0.1) is 0 Å². The number of nitrogens with zero attached hydrogens (tertiary/aromatic N) is 2. The van der Waals surface area contributed by atoms with Crippen LogP contribution in [-0.2, 0) is 20.8 Å². The summed E-state index contributed by atoms with van der Waals surface area (Å²) in [7, 11) is 0. The van der Waals surface area contributed by atoms with E-state index in [2.05, 4.69) is 12.2 Å². The Kier molecular flexibility index (Phi) is 12.6. The average molecular weight is 475 g/mol. The van der Waals surface area contributed by atoms with Gasteiger partial charge in [0.15, 0.2) is 0 Å². The van der Waals surface area contributed by atoms with E-state index < -0.39 is 11.9 Å². The molecule has 0 aliphatic carbocycles. The van der Waals surface area contributed by atoms with Crippen molar-refractivity contribution < 1.29 is 19.6 Å². The maximum atomic E-state index is 13.4. The number of nitrogens with two attached hydrogens (primary N) is 1. The summed E-state index contributed by atoms with van der Waals surface area (Å²) in [5.74, 6) is -0.977. The summed E-state index contributed by atoms with van der Waals surface area (Å²) in [4.78, 5) is 40.1. The van der Waals surface area contributed by atoms with Gasteiger partial charge in [0, 0.05) is 25.4 Å². The van der Waals surface area contributed by atoms with Crippen LogP contribution in [-0.4, -0.2) is 64.6 Å². The minimum atomic E-state index is -0.986. The molecule has 1 saturated heterocycles. The number of piperazine rings is 1. The van der Waals surface area contributed by atoms with Crippen molar-refractivity contribution in [3.8, 4) is 0 Å². The maximum Gasteiger partial charge on any atom is 0.266 e. The zero-order valence-corrected chi connectivity index (χ0v) is 20.6. The molecule has 1 aliphatic rings. The number of amides is 3. The first kappa shape index (κ1) is 27.8. The molecule has 0 radical (unpaired) electrons. The number of hydrogen-bond donors (Lipinski definition) is 3. The molecule has 4 N–H and O–H groups in total. The van der Waals surface area contributed by atoms with Gasteiger partial charge >= 0.3 is 0 Å². The molecule has 3 amide bonds. The van der Waals surface area contributed by atoms with Crippen LogP contribution in [0.15, 0.2) is 30.3 Å². The lowest BCUT2D eigenvalue weighted by molar-refractivity contribution is -0.195. The van der Waals surface area contributed by atoms with Gasteiger partial charge in [-0.2, -0.15) is 0 Å². The Labute approximate surface area is 203 Å². The van der Waals surface area contributed by atoms with Gasteiger partial charge in [-0.3, -0.25) is 19.6 Å². The first-order chi connectivity index (χ1) is 16.5. The second-order valence-corrected chi connectivity index (χ2v) is 9.17. The number of nitrogens with one attached hydrogen (secondary N) is 1. The summed E-state index contributed by atoms with van der Waals surface area (Å²) in [6, 6.07) is 7.97. The molecular weight excluding hydrogens is 432 g/mol. The Morgan fingerprint density at radius 1 is 1.09 bits per heavy atom. The molecule has 1 aromatic rings. The van der Waals surface area contributed by atoms with Crippen molar-refractivity contribution in [2.45, 2.75) is 89.6 Å². The highest BCUT2D eigenvalue weighted by molar-refractivity contribution is 5.95. The highest BCUT2D eigenvalue weighted by Crippen LogP contribution is 2.22. The summed E-state index contributed by atoms with van der Waals surface area (Å²) >= 11 is 0. The lowest BCUT2D eigenvalue weighted by Gasteiger charge is -2.40. The van der Waals surface area contributed by atoms with Crippen LogP contribution in [0.3, 0.4) is 0 Å². The highest BCUT2D eigenvalue weighted by Gasteiger charge is 2.42. The molecule has 8 heteroatoms. The monoisotopic (exact) mass is 474 g/mol. The number of rotatable bonds is 16. The first-order valence-corrected chi connectivity index (χ1v) is 12.8. The molecule has 0 bridgehead atoms. The smallest absolute Gasteiger partial charge is 0.266 e. The zero-order valence-electron chi connectivity index (χ0n) is 20.6. The Balaban J connectivity index is 2.06. The van der Waals surface area contributed by atoms with Gasteiger partial charge in [-0.25, -0.2) is 5.06 Å². The highest BCUT2D eigenvalue weighted by atomic mass is 16.5. The van der Waals surface area contributed by atoms with Crippen molar-refractivity contribution in [2.24, 2.45) is 5.73 Å². The van der Waals surface area contributed by atoms with Gasteiger partial charge in [-0.05, 0) is 24.9 Å². The predicted octanol–water partition coefficient (Wildman–Crippen LogP) is 3.02. The fourth-order valence-electron chi connectivity index (χ4n) is 4.41. The van der Waals surface area contributed by atoms with Gasteiger partial charge < -0.3 is 16.0 Å². The minimum absolute atomic E-state index is 0.142. The van der Waals surface area contributed by atoms with Crippen LogP contribution in [0.1, 0.15) is 76.7 Å². The first-order valence-electron chi connectivity index (χ1n) is 12.8. The number of hydroxylamine groups is 2. The molecule has 2 atom stereocenters. The number of benzene rings is 1. The summed E-state index contributed by atoms with van der Waals surface area (Å²) in [5.41, 5.74) is 6.37. The molecule has 0 aromatic heterocycles. The van der Waals surface area contributed by atoms with E-state index in [9.17, 15) is 19.6 Å². The molecule has 0 saturated carbocycles. The maximum absolute atomic E-state index is 13.4. The molecular formula is C26H42N4O4. The van der Waals surface area contributed by atoms with E-state index >= 15 is 0 Å². The molecule has 2 rings (SSSR count). The van der Waals surface area contributed by atoms with E-state index in [0.717, 1.165) is 24.8 Å². The Hall–Kier alpha value is -2.45. The minimum Gasteiger partial charge on any atom is -0.356 e. The molecule has 190 valence electrons. The molecule has 1 aromatic carbocycles. The third kappa shape index (κ3) is 9.06. The normalized spacial score (nSPS) is 17.2. The van der Waals surface area contributed by atoms with Crippen LogP contribution < -0.4 is 11.1 Å². The molecule has 1 aliphatic heterocycles. The quantitative estimate of drug-likeness (QED) is 0.252. The van der Waals surface area contributed by atoms with E-state index in [-0.39, 0.29) is 37.2 Å². The molecule has 0 spiro atoms. The Morgan fingerprint density at radius 2 is 1.76 bits per heavy atom. The average Bonchev–Trinajstić information content (AvgIpc) is 2.83. The lowest BCUT2D eigenvalue weighted by atomic mass is 9.97. The van der Waals surface area contributed by atoms with E-state index in [0.29, 0.717) is 31.0 Å². The summed E-state index contributed by atoms with van der Waals surface area (Å²) in [6.07, 6.45) is 9.64. The number of carbonyl (C=O) groups excluding carboxylic acids is 3. The fourth-order valence-corrected chi connectivity index (χ4v) is 4.41. The van der Waals surface area contributed by atoms with Gasteiger partial charge in [0.05, 0.1) is 0 Å². The van der Waals surface area contributed by atoms with Crippen molar-refractivity contribution in [3.05, 3.63) is 35.9 Å². The second-order valence-electron chi connectivity index (χ2n) is 9.17. The van der Waals surface area contributed by atoms with Crippen LogP contribution in [0.5, 0.6) is 0 Å². The largest absolute Gasteiger partial charge is 0.356 e. The number of unbranched alkanes of at least 4 members (excludes halogenated alkanes) is 6. The van der Waals surface area contributed by atoms with Gasteiger partial charge in [0.2, 0.25) is 11.8 Å². The molecule has 1 fully saturated rings. The van der Waals surface area contributed by atoms with Gasteiger partial charge in [0.1, 0.15) is 12.6 Å². The van der Waals surface area contributed by atoms with E-state index in [1.165, 1.54) is 30.6 Å². The fraction of sp³-hybridized carbons (Fsp3) is 0.654. The van der Waals surface area contributed by atoms with Crippen molar-refractivity contribution in [3.63, 3.8) is 0 Å². The van der Waals surface area contributed by atoms with Crippen LogP contribution in [0.4, 0.5) is 0 Å². The summed E-state index contributed by atoms with van der Waals surface area (Å²) < 4.78 is 0. The number of carbonyl (C=O) groups is 3. The van der Waals surface area contributed by atoms with Crippen molar-refractivity contribution in [2.75, 3.05) is 19.6 Å². The van der Waals surface area contributed by atoms with Crippen molar-refractivity contribution in [1.29, 1.82) is 0 Å². The predicted molar refractivity (Wildman–Crippen MR) is 132 cm³/mol. The van der Waals surface area contributed by atoms with Crippen LogP contribution in [0.2, 0.25) is 0 Å². The third-order valence-corrected chi connectivity index (χ3v) is 6.40. The van der Waals surface area contributed by atoms with Crippen molar-refractivity contribution >= 4 is 17.7 Å². The van der Waals surface area contributed by atoms with E-state index in [4.69, 9.17) is 5.73 Å². The standard InChI is InChI=1S/C26H42N4O4/c1-2-3-4-5-6-7-11-15-22(19-24(31)28-17-12-16-27)29-20-25(32)30(34)23(26(29)33)18-21-13-9-8-10-14-21/h8-10,13-14,22-23,34H,2-7,11-12,15-20,27H2,1H3,(H,28,31)/t22-,23-/m1/s1. The topological polar surface area (TPSA) is 116 Å². The van der Waals surface area contributed by atoms with Gasteiger partial charge in [-0.1, -0.05) is 82.2 Å². The Bertz CT molecular complexity index is 758. The molecule has 1 heterocycles. The Morgan fingerprint density at radius 3 is 2.44 bits per heavy atom. The molecule has 34 heavy (non-hydrogen) atoms. The van der Waals surface area contributed by atoms with Gasteiger partial charge in [0.25, 0.3) is 5.91 Å². The summed E-state index contributed by atoms with van der Waals surface area (Å²) in [6.45, 7) is 2.97. The van der Waals surface area contributed by atoms with Crippen molar-refractivity contribution in [1.82, 2.24) is 15.3 Å². The lowest BCUT2D eigenvalue weighted by Crippen LogP contribution is -2.62. The van der Waals surface area contributed by atoms with Gasteiger partial charge in [-0.15, -0.1) is 0 Å². The number of hydrogen-bond acceptors (Lipinski definition) is 5. The van der Waals surface area contributed by atoms with Crippen LogP contribution >= 0.6 is 0 Å². The van der Waals surface area contributed by atoms with E-state index in [1.54, 1.807) is 0 Å². The summed E-state index contributed by atoms with van der Waals surface area (Å²) in [5, 5.41) is 13.8. The van der Waals surface area contributed by atoms with Crippen LogP contribution in [0.25, 0.3) is 0 Å². The zero-order chi connectivity index (χ0) is 24.8. The SMILES string of the molecule is CCCCCCCCC[C@H](CC(=O)NCCCN)N1CC(=O)N(O)[C@H](Cc2ccccc2)C1=O. The third-order valence-electron chi connectivity index (χ3n) is 6.40. The second kappa shape index (κ2) is 15.5. The van der Waals surface area contributed by atoms with E-state index in [1.807, 2.05) is 30.3 Å². The molecule has 8 nitrogen and oxygen atoms in total. The molecule has 0 unspecified atom stereocenters.